The molecule has 0 saturated carbocycles. The van der Waals surface area contributed by atoms with Gasteiger partial charge in [-0.15, -0.1) is 0 Å². The van der Waals surface area contributed by atoms with E-state index in [1.165, 1.54) is 0 Å². The zero-order chi connectivity index (χ0) is 12.7. The molecule has 4 heteroatoms. The quantitative estimate of drug-likeness (QED) is 0.824. The summed E-state index contributed by atoms with van der Waals surface area (Å²) in [6.45, 7) is 0. The lowest BCUT2D eigenvalue weighted by atomic mass is 10.1. The highest BCUT2D eigenvalue weighted by Gasteiger charge is 2.01. The Labute approximate surface area is 100 Å². The van der Waals surface area contributed by atoms with Gasteiger partial charge in [0.1, 0.15) is 11.5 Å². The van der Waals surface area contributed by atoms with Gasteiger partial charge in [0.05, 0.1) is 14.2 Å². The van der Waals surface area contributed by atoms with Crippen LogP contribution in [0.2, 0.25) is 0 Å². The van der Waals surface area contributed by atoms with Crippen LogP contribution in [0.25, 0.3) is 6.08 Å². The van der Waals surface area contributed by atoms with Crippen molar-refractivity contribution in [2.45, 2.75) is 12.8 Å². The maximum atomic E-state index is 10.4. The zero-order valence-electron chi connectivity index (χ0n) is 9.97. The summed E-state index contributed by atoms with van der Waals surface area (Å²) in [5, 5.41) is 8.52. The van der Waals surface area contributed by atoms with Crippen LogP contribution in [0.15, 0.2) is 24.3 Å². The molecular formula is C13H16O4. The average Bonchev–Trinajstić information content (AvgIpc) is 2.34. The first-order valence-corrected chi connectivity index (χ1v) is 5.27. The monoisotopic (exact) mass is 236 g/mol. The third kappa shape index (κ3) is 4.18. The Morgan fingerprint density at radius 3 is 2.71 bits per heavy atom. The Morgan fingerprint density at radius 2 is 2.12 bits per heavy atom. The summed E-state index contributed by atoms with van der Waals surface area (Å²) >= 11 is 0. The van der Waals surface area contributed by atoms with Gasteiger partial charge in [0.15, 0.2) is 0 Å². The maximum absolute atomic E-state index is 10.4. The second-order valence-corrected chi connectivity index (χ2v) is 3.44. The molecule has 1 N–H and O–H groups in total. The molecule has 0 aliphatic rings. The molecule has 0 spiro atoms. The standard InChI is InChI=1S/C13H16O4/c1-16-11-7-8-12(17-2)10(9-11)5-3-4-6-13(14)15/h3,5,7-9H,4,6H2,1-2H3,(H,14,15). The number of rotatable bonds is 6. The van der Waals surface area contributed by atoms with Crippen molar-refractivity contribution in [1.82, 2.24) is 0 Å². The van der Waals surface area contributed by atoms with Gasteiger partial charge in [0.25, 0.3) is 0 Å². The predicted molar refractivity (Wildman–Crippen MR) is 65.4 cm³/mol. The van der Waals surface area contributed by atoms with Crippen LogP contribution in [0.5, 0.6) is 11.5 Å². The zero-order valence-corrected chi connectivity index (χ0v) is 9.97. The number of hydrogen-bond acceptors (Lipinski definition) is 3. The van der Waals surface area contributed by atoms with Gasteiger partial charge in [0, 0.05) is 12.0 Å². The molecule has 0 amide bonds. The fourth-order valence-electron chi connectivity index (χ4n) is 1.39. The van der Waals surface area contributed by atoms with Crippen LogP contribution in [0.1, 0.15) is 18.4 Å². The molecule has 0 fully saturated rings. The third-order valence-electron chi connectivity index (χ3n) is 2.26. The Morgan fingerprint density at radius 1 is 1.35 bits per heavy atom. The van der Waals surface area contributed by atoms with E-state index in [0.29, 0.717) is 6.42 Å². The van der Waals surface area contributed by atoms with Crippen LogP contribution in [0.3, 0.4) is 0 Å². The van der Waals surface area contributed by atoms with E-state index in [1.807, 2.05) is 30.4 Å². The van der Waals surface area contributed by atoms with E-state index in [9.17, 15) is 4.79 Å². The van der Waals surface area contributed by atoms with Gasteiger partial charge in [-0.25, -0.2) is 0 Å². The third-order valence-corrected chi connectivity index (χ3v) is 2.26. The van der Waals surface area contributed by atoms with Crippen LogP contribution < -0.4 is 9.47 Å². The van der Waals surface area contributed by atoms with Gasteiger partial charge in [-0.2, -0.15) is 0 Å². The van der Waals surface area contributed by atoms with Crippen LogP contribution in [0, 0.1) is 0 Å². The first-order valence-electron chi connectivity index (χ1n) is 5.27. The van der Waals surface area contributed by atoms with Gasteiger partial charge in [-0.05, 0) is 24.6 Å². The first kappa shape index (κ1) is 13.1. The smallest absolute Gasteiger partial charge is 0.303 e. The van der Waals surface area contributed by atoms with Crippen molar-refractivity contribution in [2.24, 2.45) is 0 Å². The number of hydrogen-bond donors (Lipinski definition) is 1. The topological polar surface area (TPSA) is 55.8 Å². The summed E-state index contributed by atoms with van der Waals surface area (Å²) in [5.41, 5.74) is 0.872. The molecule has 4 nitrogen and oxygen atoms in total. The Hall–Kier alpha value is -1.97. The van der Waals surface area contributed by atoms with Gasteiger partial charge in [-0.3, -0.25) is 4.79 Å². The van der Waals surface area contributed by atoms with Crippen molar-refractivity contribution < 1.29 is 19.4 Å². The lowest BCUT2D eigenvalue weighted by molar-refractivity contribution is -0.136. The summed E-state index contributed by atoms with van der Waals surface area (Å²) in [6.07, 6.45) is 4.27. The van der Waals surface area contributed by atoms with E-state index in [0.717, 1.165) is 17.1 Å². The fraction of sp³-hybridized carbons (Fsp3) is 0.308. The SMILES string of the molecule is COc1ccc(OC)c(C=CCCC(=O)O)c1. The van der Waals surface area contributed by atoms with E-state index in [2.05, 4.69) is 0 Å². The minimum absolute atomic E-state index is 0.128. The average molecular weight is 236 g/mol. The molecule has 0 saturated heterocycles. The molecule has 0 radical (unpaired) electrons. The van der Waals surface area contributed by atoms with E-state index in [1.54, 1.807) is 14.2 Å². The highest BCUT2D eigenvalue weighted by atomic mass is 16.5. The highest BCUT2D eigenvalue weighted by molar-refractivity contribution is 5.67. The number of aliphatic carboxylic acids is 1. The van der Waals surface area contributed by atoms with Crippen molar-refractivity contribution >= 4 is 12.0 Å². The minimum Gasteiger partial charge on any atom is -0.497 e. The van der Waals surface area contributed by atoms with Crippen LogP contribution in [-0.2, 0) is 4.79 Å². The number of carboxylic acid groups (broad SMARTS) is 1. The Bertz CT molecular complexity index is 410. The lowest BCUT2D eigenvalue weighted by Crippen LogP contribution is -1.92. The Balaban J connectivity index is 2.76. The molecule has 1 aromatic rings. The molecule has 92 valence electrons. The molecule has 1 rings (SSSR count). The molecule has 0 aromatic heterocycles. The van der Waals surface area contributed by atoms with Gasteiger partial charge in [-0.1, -0.05) is 12.2 Å². The summed E-state index contributed by atoms with van der Waals surface area (Å²) in [7, 11) is 3.19. The highest BCUT2D eigenvalue weighted by Crippen LogP contribution is 2.25. The molecule has 0 aliphatic heterocycles. The van der Waals surface area contributed by atoms with Crippen molar-refractivity contribution in [2.75, 3.05) is 14.2 Å². The molecule has 0 heterocycles. The number of benzene rings is 1. The van der Waals surface area contributed by atoms with Gasteiger partial charge in [0.2, 0.25) is 0 Å². The molecule has 1 aromatic carbocycles. The maximum Gasteiger partial charge on any atom is 0.303 e. The van der Waals surface area contributed by atoms with Crippen LogP contribution >= 0.6 is 0 Å². The minimum atomic E-state index is -0.799. The molecular weight excluding hydrogens is 220 g/mol. The van der Waals surface area contributed by atoms with Crippen LogP contribution in [-0.4, -0.2) is 25.3 Å². The van der Waals surface area contributed by atoms with E-state index >= 15 is 0 Å². The first-order chi connectivity index (χ1) is 8.17. The summed E-state index contributed by atoms with van der Waals surface area (Å²) < 4.78 is 10.3. The molecule has 0 aliphatic carbocycles. The van der Waals surface area contributed by atoms with E-state index in [-0.39, 0.29) is 6.42 Å². The Kier molecular flexibility index (Phi) is 5.07. The van der Waals surface area contributed by atoms with E-state index < -0.39 is 5.97 Å². The van der Waals surface area contributed by atoms with Crippen molar-refractivity contribution in [3.63, 3.8) is 0 Å². The molecule has 0 unspecified atom stereocenters. The predicted octanol–water partition coefficient (Wildman–Crippen LogP) is 2.58. The van der Waals surface area contributed by atoms with Gasteiger partial charge < -0.3 is 14.6 Å². The van der Waals surface area contributed by atoms with Gasteiger partial charge >= 0.3 is 5.97 Å². The number of allylic oxidation sites excluding steroid dienone is 1. The molecule has 17 heavy (non-hydrogen) atoms. The van der Waals surface area contributed by atoms with Crippen LogP contribution in [0.4, 0.5) is 0 Å². The van der Waals surface area contributed by atoms with Crippen molar-refractivity contribution in [3.05, 3.63) is 29.8 Å². The van der Waals surface area contributed by atoms with Crippen molar-refractivity contribution in [3.8, 4) is 11.5 Å². The van der Waals surface area contributed by atoms with Crippen molar-refractivity contribution in [1.29, 1.82) is 0 Å². The number of methoxy groups -OCH3 is 2. The number of ether oxygens (including phenoxy) is 2. The molecule has 0 bridgehead atoms. The number of carbonyl (C=O) groups is 1. The largest absolute Gasteiger partial charge is 0.497 e. The summed E-state index contributed by atoms with van der Waals surface area (Å²) in [4.78, 5) is 10.4. The molecule has 0 atom stereocenters. The second-order valence-electron chi connectivity index (χ2n) is 3.44. The van der Waals surface area contributed by atoms with E-state index in [4.69, 9.17) is 14.6 Å². The second kappa shape index (κ2) is 6.58. The normalized spacial score (nSPS) is 10.5. The summed E-state index contributed by atoms with van der Waals surface area (Å²) in [6, 6.07) is 5.47. The fourth-order valence-corrected chi connectivity index (χ4v) is 1.39. The lowest BCUT2D eigenvalue weighted by Gasteiger charge is -2.06. The number of carboxylic acids is 1. The summed E-state index contributed by atoms with van der Waals surface area (Å²) in [5.74, 6) is 0.674.